The minimum absolute atomic E-state index is 0.00331. The van der Waals surface area contributed by atoms with Crippen molar-refractivity contribution in [3.8, 4) is 5.69 Å². The van der Waals surface area contributed by atoms with Gasteiger partial charge >= 0.3 is 5.97 Å². The first-order valence-electron chi connectivity index (χ1n) is 15.3. The van der Waals surface area contributed by atoms with E-state index in [1.807, 2.05) is 10.9 Å². The van der Waals surface area contributed by atoms with Crippen molar-refractivity contribution in [3.05, 3.63) is 53.1 Å². The molecule has 2 aromatic rings. The van der Waals surface area contributed by atoms with Gasteiger partial charge in [0.25, 0.3) is 0 Å². The Labute approximate surface area is 250 Å². The number of nitrogens with zero attached hydrogens (tertiary/aromatic N) is 2. The number of halogens is 1. The molecular formula is C33H41FN2O5S. The topological polar surface area (TPSA) is 102 Å². The minimum Gasteiger partial charge on any atom is -0.449 e. The first kappa shape index (κ1) is 29.6. The minimum atomic E-state index is -1.27. The lowest BCUT2D eigenvalue weighted by molar-refractivity contribution is -0.196. The highest BCUT2D eigenvalue weighted by molar-refractivity contribution is 8.13. The van der Waals surface area contributed by atoms with E-state index in [0.29, 0.717) is 25.0 Å². The molecule has 4 aliphatic rings. The number of thioether (sulfide) groups is 1. The molecule has 1 aromatic heterocycles. The van der Waals surface area contributed by atoms with E-state index in [0.717, 1.165) is 54.4 Å². The summed E-state index contributed by atoms with van der Waals surface area (Å²) in [6.45, 7) is 6.08. The van der Waals surface area contributed by atoms with Crippen LogP contribution in [0.5, 0.6) is 0 Å². The summed E-state index contributed by atoms with van der Waals surface area (Å²) in [4.78, 5) is 26.6. The third-order valence-electron chi connectivity index (χ3n) is 11.1. The van der Waals surface area contributed by atoms with Gasteiger partial charge in [-0.1, -0.05) is 38.1 Å². The molecule has 9 heteroatoms. The van der Waals surface area contributed by atoms with E-state index in [2.05, 4.69) is 25.0 Å². The Hall–Kier alpha value is -2.49. The van der Waals surface area contributed by atoms with Crippen molar-refractivity contribution in [3.63, 3.8) is 0 Å². The Morgan fingerprint density at radius 3 is 2.69 bits per heavy atom. The van der Waals surface area contributed by atoms with Crippen LogP contribution in [-0.4, -0.2) is 55.1 Å². The Morgan fingerprint density at radius 2 is 1.98 bits per heavy atom. The molecule has 0 aliphatic heterocycles. The summed E-state index contributed by atoms with van der Waals surface area (Å²) in [6, 6.07) is 6.36. The summed E-state index contributed by atoms with van der Waals surface area (Å²) in [5, 5.41) is 25.8. The number of rotatable bonds is 7. The molecule has 0 radical (unpaired) electrons. The highest BCUT2D eigenvalue weighted by Crippen LogP contribution is 2.69. The van der Waals surface area contributed by atoms with Gasteiger partial charge in [0.2, 0.25) is 5.12 Å². The monoisotopic (exact) mass is 596 g/mol. The predicted octanol–water partition coefficient (Wildman–Crippen LogP) is 5.50. The second-order valence-electron chi connectivity index (χ2n) is 13.1. The highest BCUT2D eigenvalue weighted by Gasteiger charge is 2.70. The molecule has 4 aliphatic carbocycles. The lowest BCUT2D eigenvalue weighted by Gasteiger charge is -2.60. The van der Waals surface area contributed by atoms with Crippen molar-refractivity contribution in [1.29, 1.82) is 0 Å². The van der Waals surface area contributed by atoms with E-state index in [-0.39, 0.29) is 53.1 Å². The third kappa shape index (κ3) is 4.41. The van der Waals surface area contributed by atoms with Gasteiger partial charge in [-0.05, 0) is 104 Å². The zero-order chi connectivity index (χ0) is 29.9. The average Bonchev–Trinajstić information content (AvgIpc) is 3.49. The Morgan fingerprint density at radius 1 is 1.21 bits per heavy atom. The van der Waals surface area contributed by atoms with Crippen molar-refractivity contribution in [1.82, 2.24) is 9.78 Å². The van der Waals surface area contributed by atoms with Crippen molar-refractivity contribution in [2.24, 2.45) is 28.6 Å². The number of benzene rings is 1. The smallest absolute Gasteiger partial charge is 0.306 e. The molecule has 42 heavy (non-hydrogen) atoms. The molecule has 0 bridgehead atoms. The van der Waals surface area contributed by atoms with Crippen LogP contribution in [0.15, 0.2) is 36.0 Å². The summed E-state index contributed by atoms with van der Waals surface area (Å²) in [6.07, 6.45) is 8.31. The number of esters is 1. The normalized spacial score (nSPS) is 35.0. The molecule has 226 valence electrons. The molecule has 0 saturated heterocycles. The maximum atomic E-state index is 13.9. The molecule has 3 saturated carbocycles. The first-order valence-corrected chi connectivity index (χ1v) is 16.3. The summed E-state index contributed by atoms with van der Waals surface area (Å²) in [7, 11) is 0. The molecule has 6 rings (SSSR count). The van der Waals surface area contributed by atoms with Crippen molar-refractivity contribution >= 4 is 28.9 Å². The molecule has 0 spiro atoms. The molecule has 0 unspecified atom stereocenters. The van der Waals surface area contributed by atoms with Crippen LogP contribution in [0.25, 0.3) is 11.8 Å². The third-order valence-corrected chi connectivity index (χ3v) is 12.1. The Kier molecular flexibility index (Phi) is 7.67. The van der Waals surface area contributed by atoms with Gasteiger partial charge in [-0.15, -0.1) is 0 Å². The molecule has 1 heterocycles. The van der Waals surface area contributed by atoms with Crippen LogP contribution in [0.4, 0.5) is 4.39 Å². The summed E-state index contributed by atoms with van der Waals surface area (Å²) in [5.74, 6) is 0.131. The maximum absolute atomic E-state index is 13.9. The summed E-state index contributed by atoms with van der Waals surface area (Å²) in [5.41, 5.74) is 2.03. The average molecular weight is 597 g/mol. The highest BCUT2D eigenvalue weighted by atomic mass is 32.2. The second-order valence-corrected chi connectivity index (χ2v) is 14.2. The number of carbonyl (C=O) groups is 2. The van der Waals surface area contributed by atoms with E-state index in [9.17, 15) is 24.2 Å². The molecule has 2 N–H and O–H groups in total. The largest absolute Gasteiger partial charge is 0.449 e. The van der Waals surface area contributed by atoms with Crippen molar-refractivity contribution in [2.75, 3.05) is 12.4 Å². The van der Waals surface area contributed by atoms with Crippen LogP contribution in [-0.2, 0) is 20.7 Å². The fourth-order valence-corrected chi connectivity index (χ4v) is 10.2. The van der Waals surface area contributed by atoms with Gasteiger partial charge in [-0.3, -0.25) is 9.59 Å². The Balaban J connectivity index is 1.33. The maximum Gasteiger partial charge on any atom is 0.306 e. The van der Waals surface area contributed by atoms with Gasteiger partial charge in [0.15, 0.2) is 5.60 Å². The van der Waals surface area contributed by atoms with Crippen LogP contribution in [0.2, 0.25) is 0 Å². The van der Waals surface area contributed by atoms with Gasteiger partial charge in [0.05, 0.1) is 23.7 Å². The quantitative estimate of drug-likeness (QED) is 0.322. The molecule has 1 aromatic carbocycles. The van der Waals surface area contributed by atoms with E-state index in [4.69, 9.17) is 4.74 Å². The first-order chi connectivity index (χ1) is 20.1. The van der Waals surface area contributed by atoms with Gasteiger partial charge in [0, 0.05) is 24.2 Å². The SMILES string of the molecule is CCC(=O)O[C@]1(C(=O)SCCCO)CC[C@H]2[C@@H]3CCC4=Cc5c(cnn5-c5ccc(F)cc5)C[C@]4(C)[C@H]3[C@@H](O)C[C@@]21C. The standard InChI is InChI=1S/C33H41FN2O5S/c1-4-28(39)41-33(30(40)42-15-5-14-37)13-12-25-24-11-6-21-16-26-20(19-35-36(26)23-9-7-22(34)8-10-23)17-31(21,2)29(24)27(38)18-32(25,33)3/h7-10,16,19,24-25,27,29,37-38H,4-6,11-15,17-18H2,1-3H3/t24-,25-,27-,29+,31-,32-,33-/m0/s1. The fraction of sp³-hybridized carbons (Fsp3) is 0.606. The summed E-state index contributed by atoms with van der Waals surface area (Å²) >= 11 is 1.15. The number of aliphatic hydroxyl groups is 2. The number of hydrogen-bond donors (Lipinski definition) is 2. The van der Waals surface area contributed by atoms with Gasteiger partial charge in [-0.25, -0.2) is 9.07 Å². The molecule has 0 amide bonds. The number of aromatic nitrogens is 2. The van der Waals surface area contributed by atoms with Crippen LogP contribution in [0, 0.1) is 34.4 Å². The number of hydrogen-bond acceptors (Lipinski definition) is 7. The summed E-state index contributed by atoms with van der Waals surface area (Å²) < 4.78 is 21.6. The van der Waals surface area contributed by atoms with E-state index in [1.165, 1.54) is 17.7 Å². The zero-order valence-electron chi connectivity index (χ0n) is 24.6. The van der Waals surface area contributed by atoms with Gasteiger partial charge in [0.1, 0.15) is 5.82 Å². The van der Waals surface area contributed by atoms with E-state index < -0.39 is 17.1 Å². The number of fused-ring (bicyclic) bond motifs is 6. The van der Waals surface area contributed by atoms with Gasteiger partial charge < -0.3 is 14.9 Å². The zero-order valence-corrected chi connectivity index (χ0v) is 25.5. The Bertz CT molecular complexity index is 1410. The van der Waals surface area contributed by atoms with Crippen LogP contribution >= 0.6 is 11.8 Å². The fourth-order valence-electron chi connectivity index (χ4n) is 9.12. The lowest BCUT2D eigenvalue weighted by Crippen LogP contribution is -2.62. The van der Waals surface area contributed by atoms with Crippen LogP contribution in [0.1, 0.15) is 77.0 Å². The van der Waals surface area contributed by atoms with Crippen LogP contribution < -0.4 is 0 Å². The predicted molar refractivity (Wildman–Crippen MR) is 159 cm³/mol. The van der Waals surface area contributed by atoms with E-state index in [1.54, 1.807) is 19.1 Å². The second kappa shape index (κ2) is 10.9. The number of allylic oxidation sites excluding steroid dienone is 1. The van der Waals surface area contributed by atoms with Gasteiger partial charge in [-0.2, -0.15) is 5.10 Å². The molecule has 7 atom stereocenters. The number of aliphatic hydroxyl groups excluding tert-OH is 2. The lowest BCUT2D eigenvalue weighted by atomic mass is 9.45. The molecular weight excluding hydrogens is 555 g/mol. The molecule has 7 nitrogen and oxygen atoms in total. The van der Waals surface area contributed by atoms with E-state index >= 15 is 0 Å². The number of ether oxygens (including phenoxy) is 1. The van der Waals surface area contributed by atoms with Crippen molar-refractivity contribution in [2.45, 2.75) is 83.8 Å². The van der Waals surface area contributed by atoms with Crippen molar-refractivity contribution < 1.29 is 28.9 Å². The number of carbonyl (C=O) groups excluding carboxylic acids is 2. The van der Waals surface area contributed by atoms with Crippen LogP contribution in [0.3, 0.4) is 0 Å². The molecule has 3 fully saturated rings.